The Labute approximate surface area is 141 Å². The number of nitrogens with one attached hydrogen (secondary N) is 1. The highest BCUT2D eigenvalue weighted by molar-refractivity contribution is 9.10. The lowest BCUT2D eigenvalue weighted by molar-refractivity contribution is -0.113. The van der Waals surface area contributed by atoms with E-state index in [1.807, 2.05) is 29.6 Å². The summed E-state index contributed by atoms with van der Waals surface area (Å²) in [5, 5.41) is 5.45. The van der Waals surface area contributed by atoms with Crippen LogP contribution in [0.3, 0.4) is 0 Å². The van der Waals surface area contributed by atoms with Gasteiger partial charge in [-0.05, 0) is 12.1 Å². The first-order valence-corrected chi connectivity index (χ1v) is 9.14. The molecule has 6 heteroatoms. The molecule has 0 fully saturated rings. The second kappa shape index (κ2) is 6.94. The molecule has 1 aromatic heterocycles. The highest BCUT2D eigenvalue weighted by atomic mass is 79.9. The van der Waals surface area contributed by atoms with Crippen LogP contribution in [-0.2, 0) is 4.79 Å². The third-order valence-electron chi connectivity index (χ3n) is 2.51. The minimum Gasteiger partial charge on any atom is -0.301 e. The van der Waals surface area contributed by atoms with Gasteiger partial charge in [0.05, 0.1) is 11.4 Å². The van der Waals surface area contributed by atoms with Gasteiger partial charge in [0, 0.05) is 20.2 Å². The molecular formula is C15H17BrN2OS2. The van der Waals surface area contributed by atoms with Gasteiger partial charge in [0.1, 0.15) is 0 Å². The van der Waals surface area contributed by atoms with Crippen molar-refractivity contribution in [1.29, 1.82) is 0 Å². The zero-order chi connectivity index (χ0) is 15.5. The smallest absolute Gasteiger partial charge is 0.236 e. The van der Waals surface area contributed by atoms with E-state index >= 15 is 0 Å². The van der Waals surface area contributed by atoms with Crippen LogP contribution in [-0.4, -0.2) is 21.4 Å². The van der Waals surface area contributed by atoms with E-state index in [2.05, 4.69) is 47.0 Å². The van der Waals surface area contributed by atoms with Crippen LogP contribution in [0.2, 0.25) is 0 Å². The average molecular weight is 385 g/mol. The Hall–Kier alpha value is -0.850. The summed E-state index contributed by atoms with van der Waals surface area (Å²) in [4.78, 5) is 16.3. The summed E-state index contributed by atoms with van der Waals surface area (Å²) in [7, 11) is 0. The Morgan fingerprint density at radius 3 is 2.86 bits per heavy atom. The SMILES string of the molecule is CC(C)(C)SCC(=O)Nc1nc(-c2cccc(Br)c2)cs1. The average Bonchev–Trinajstić information content (AvgIpc) is 2.84. The predicted octanol–water partition coefficient (Wildman–Crippen LogP) is 5.04. The van der Waals surface area contributed by atoms with E-state index in [1.54, 1.807) is 11.8 Å². The molecule has 1 aromatic carbocycles. The fraction of sp³-hybridized carbons (Fsp3) is 0.333. The van der Waals surface area contributed by atoms with Gasteiger partial charge < -0.3 is 5.32 Å². The molecular weight excluding hydrogens is 368 g/mol. The summed E-state index contributed by atoms with van der Waals surface area (Å²) in [6, 6.07) is 7.95. The Morgan fingerprint density at radius 1 is 1.43 bits per heavy atom. The minimum atomic E-state index is -0.00920. The fourth-order valence-electron chi connectivity index (χ4n) is 1.55. The van der Waals surface area contributed by atoms with Crippen LogP contribution < -0.4 is 5.32 Å². The van der Waals surface area contributed by atoms with Gasteiger partial charge in [0.2, 0.25) is 5.91 Å². The number of carbonyl (C=O) groups excluding carboxylic acids is 1. The van der Waals surface area contributed by atoms with Gasteiger partial charge in [-0.15, -0.1) is 23.1 Å². The first kappa shape index (κ1) is 16.5. The van der Waals surface area contributed by atoms with Crippen molar-refractivity contribution in [3.05, 3.63) is 34.1 Å². The van der Waals surface area contributed by atoms with Crippen LogP contribution in [0.4, 0.5) is 5.13 Å². The second-order valence-corrected chi connectivity index (χ2v) is 9.07. The van der Waals surface area contributed by atoms with Crippen molar-refractivity contribution >= 4 is 50.1 Å². The molecule has 0 bridgehead atoms. The maximum atomic E-state index is 11.9. The minimum absolute atomic E-state index is 0.00920. The maximum Gasteiger partial charge on any atom is 0.236 e. The number of nitrogens with zero attached hydrogens (tertiary/aromatic N) is 1. The summed E-state index contributed by atoms with van der Waals surface area (Å²) in [5.41, 5.74) is 1.91. The molecule has 2 rings (SSSR count). The van der Waals surface area contributed by atoms with Gasteiger partial charge in [-0.25, -0.2) is 4.98 Å². The van der Waals surface area contributed by atoms with Gasteiger partial charge in [0.15, 0.2) is 5.13 Å². The molecule has 0 saturated heterocycles. The molecule has 21 heavy (non-hydrogen) atoms. The Bertz CT molecular complexity index is 635. The van der Waals surface area contributed by atoms with E-state index in [0.717, 1.165) is 15.7 Å². The van der Waals surface area contributed by atoms with Crippen molar-refractivity contribution in [2.24, 2.45) is 0 Å². The lowest BCUT2D eigenvalue weighted by Crippen LogP contribution is -2.18. The molecule has 0 spiro atoms. The number of aromatic nitrogens is 1. The Balaban J connectivity index is 1.99. The number of hydrogen-bond acceptors (Lipinski definition) is 4. The van der Waals surface area contributed by atoms with E-state index < -0.39 is 0 Å². The third-order valence-corrected chi connectivity index (χ3v) is 5.03. The second-order valence-electron chi connectivity index (χ2n) is 5.50. The summed E-state index contributed by atoms with van der Waals surface area (Å²) in [5.74, 6) is 0.431. The molecule has 2 aromatic rings. The molecule has 0 aliphatic carbocycles. The number of thioether (sulfide) groups is 1. The number of rotatable bonds is 4. The van der Waals surface area contributed by atoms with E-state index in [0.29, 0.717) is 10.9 Å². The standard InChI is InChI=1S/C15H17BrN2OS2/c1-15(2,3)21-9-13(19)18-14-17-12(8-20-14)10-5-4-6-11(16)7-10/h4-8H,9H2,1-3H3,(H,17,18,19). The number of benzene rings is 1. The van der Waals surface area contributed by atoms with Crippen LogP contribution in [0.5, 0.6) is 0 Å². The number of carbonyl (C=O) groups is 1. The first-order valence-electron chi connectivity index (χ1n) is 6.49. The van der Waals surface area contributed by atoms with Crippen molar-refractivity contribution < 1.29 is 4.79 Å². The van der Waals surface area contributed by atoms with Crippen molar-refractivity contribution in [3.8, 4) is 11.3 Å². The number of hydrogen-bond donors (Lipinski definition) is 1. The molecule has 0 aliphatic rings. The van der Waals surface area contributed by atoms with Crippen LogP contribution in [0.15, 0.2) is 34.1 Å². The zero-order valence-corrected chi connectivity index (χ0v) is 15.4. The molecule has 0 radical (unpaired) electrons. The predicted molar refractivity (Wildman–Crippen MR) is 96.1 cm³/mol. The molecule has 3 nitrogen and oxygen atoms in total. The van der Waals surface area contributed by atoms with E-state index in [9.17, 15) is 4.79 Å². The van der Waals surface area contributed by atoms with E-state index in [4.69, 9.17) is 0 Å². The molecule has 1 heterocycles. The third kappa shape index (κ3) is 5.45. The highest BCUT2D eigenvalue weighted by Crippen LogP contribution is 2.27. The van der Waals surface area contributed by atoms with Crippen LogP contribution in [0.1, 0.15) is 20.8 Å². The topological polar surface area (TPSA) is 42.0 Å². The fourth-order valence-corrected chi connectivity index (χ4v) is 3.32. The number of anilines is 1. The van der Waals surface area contributed by atoms with Gasteiger partial charge in [-0.1, -0.05) is 48.8 Å². The normalized spacial score (nSPS) is 11.4. The van der Waals surface area contributed by atoms with Gasteiger partial charge in [-0.2, -0.15) is 0 Å². The van der Waals surface area contributed by atoms with Gasteiger partial charge in [-0.3, -0.25) is 4.79 Å². The van der Waals surface area contributed by atoms with Crippen molar-refractivity contribution in [2.75, 3.05) is 11.1 Å². The largest absolute Gasteiger partial charge is 0.301 e. The summed E-state index contributed by atoms with van der Waals surface area (Å²) < 4.78 is 1.10. The molecule has 0 aliphatic heterocycles. The molecule has 112 valence electrons. The first-order chi connectivity index (χ1) is 9.83. The Kier molecular flexibility index (Phi) is 5.46. The molecule has 1 amide bonds. The molecule has 0 saturated carbocycles. The summed E-state index contributed by atoms with van der Waals surface area (Å²) in [6.07, 6.45) is 0. The van der Waals surface area contributed by atoms with Crippen molar-refractivity contribution in [1.82, 2.24) is 4.98 Å². The van der Waals surface area contributed by atoms with Crippen LogP contribution in [0.25, 0.3) is 11.3 Å². The molecule has 0 atom stereocenters. The molecule has 0 unspecified atom stereocenters. The van der Waals surface area contributed by atoms with Crippen LogP contribution in [0, 0.1) is 0 Å². The lowest BCUT2D eigenvalue weighted by atomic mass is 10.2. The van der Waals surface area contributed by atoms with Gasteiger partial charge >= 0.3 is 0 Å². The summed E-state index contributed by atoms with van der Waals surface area (Å²) in [6.45, 7) is 6.29. The Morgan fingerprint density at radius 2 is 2.19 bits per heavy atom. The quantitative estimate of drug-likeness (QED) is 0.802. The van der Waals surface area contributed by atoms with Gasteiger partial charge in [0.25, 0.3) is 0 Å². The van der Waals surface area contributed by atoms with Crippen molar-refractivity contribution in [3.63, 3.8) is 0 Å². The monoisotopic (exact) mass is 384 g/mol. The van der Waals surface area contributed by atoms with Crippen molar-refractivity contribution in [2.45, 2.75) is 25.5 Å². The van der Waals surface area contributed by atoms with Crippen LogP contribution >= 0.6 is 39.0 Å². The molecule has 1 N–H and O–H groups in total. The van der Waals surface area contributed by atoms with E-state index in [1.165, 1.54) is 11.3 Å². The highest BCUT2D eigenvalue weighted by Gasteiger charge is 2.14. The summed E-state index contributed by atoms with van der Waals surface area (Å²) >= 11 is 6.52. The maximum absolute atomic E-state index is 11.9. The lowest BCUT2D eigenvalue weighted by Gasteiger charge is -2.16. The number of halogens is 1. The number of amides is 1. The number of thiazole rings is 1. The zero-order valence-electron chi connectivity index (χ0n) is 12.1. The van der Waals surface area contributed by atoms with E-state index in [-0.39, 0.29) is 10.7 Å².